The number of nitrogens with one attached hydrogen (secondary N) is 2. The smallest absolute Gasteiger partial charge is 0.410 e. The maximum atomic E-state index is 12.0. The van der Waals surface area contributed by atoms with Gasteiger partial charge in [-0.2, -0.15) is 0 Å². The van der Waals surface area contributed by atoms with Gasteiger partial charge in [-0.3, -0.25) is 4.79 Å². The van der Waals surface area contributed by atoms with E-state index in [9.17, 15) is 9.59 Å². The maximum absolute atomic E-state index is 12.0. The number of hydrogen-bond donors (Lipinski definition) is 2. The van der Waals surface area contributed by atoms with Gasteiger partial charge in [-0.15, -0.1) is 0 Å². The molecule has 0 aromatic carbocycles. The van der Waals surface area contributed by atoms with E-state index in [4.69, 9.17) is 4.74 Å². The molecule has 1 unspecified atom stereocenters. The van der Waals surface area contributed by atoms with Crippen molar-refractivity contribution >= 4 is 12.0 Å². The van der Waals surface area contributed by atoms with Gasteiger partial charge in [-0.25, -0.2) is 4.79 Å². The van der Waals surface area contributed by atoms with Crippen LogP contribution in [0.5, 0.6) is 0 Å². The lowest BCUT2D eigenvalue weighted by Gasteiger charge is -2.36. The molecule has 1 atom stereocenters. The summed E-state index contributed by atoms with van der Waals surface area (Å²) in [4.78, 5) is 25.4. The highest BCUT2D eigenvalue weighted by Crippen LogP contribution is 2.24. The molecule has 2 fully saturated rings. The summed E-state index contributed by atoms with van der Waals surface area (Å²) in [5.74, 6) is 0.576. The number of nitrogens with zero attached hydrogens (tertiary/aromatic N) is 1. The first kappa shape index (κ1) is 16.1. The van der Waals surface area contributed by atoms with E-state index in [0.717, 1.165) is 19.4 Å². The number of hydrogen-bond acceptors (Lipinski definition) is 4. The van der Waals surface area contributed by atoms with Gasteiger partial charge in [-0.1, -0.05) is 0 Å². The highest BCUT2D eigenvalue weighted by Gasteiger charge is 2.32. The van der Waals surface area contributed by atoms with Crippen LogP contribution in [0.4, 0.5) is 4.79 Å². The second kappa shape index (κ2) is 6.64. The zero-order chi connectivity index (χ0) is 15.5. The molecule has 0 bridgehead atoms. The second-order valence-electron chi connectivity index (χ2n) is 6.92. The van der Waals surface area contributed by atoms with Crippen molar-refractivity contribution < 1.29 is 14.3 Å². The minimum absolute atomic E-state index is 0.125. The third kappa shape index (κ3) is 4.88. The van der Waals surface area contributed by atoms with Crippen molar-refractivity contribution in [3.05, 3.63) is 0 Å². The normalized spacial score (nSPS) is 25.2. The van der Waals surface area contributed by atoms with Gasteiger partial charge in [0.2, 0.25) is 5.91 Å². The summed E-state index contributed by atoms with van der Waals surface area (Å²) >= 11 is 0. The van der Waals surface area contributed by atoms with E-state index in [1.54, 1.807) is 4.90 Å². The monoisotopic (exact) mass is 297 g/mol. The van der Waals surface area contributed by atoms with Gasteiger partial charge in [0, 0.05) is 38.6 Å². The van der Waals surface area contributed by atoms with Crippen molar-refractivity contribution in [2.75, 3.05) is 26.2 Å². The molecule has 2 aliphatic heterocycles. The summed E-state index contributed by atoms with van der Waals surface area (Å²) in [5, 5.41) is 6.33. The molecule has 2 amide bonds. The van der Waals surface area contributed by atoms with Crippen LogP contribution in [-0.4, -0.2) is 54.7 Å². The van der Waals surface area contributed by atoms with Crippen LogP contribution >= 0.6 is 0 Å². The molecule has 0 spiro atoms. The Hall–Kier alpha value is -1.30. The van der Waals surface area contributed by atoms with Crippen LogP contribution in [0.1, 0.15) is 40.0 Å². The molecule has 0 saturated carbocycles. The lowest BCUT2D eigenvalue weighted by Crippen LogP contribution is -2.46. The standard InChI is InChI=1S/C15H27N3O3/c1-15(2,3)21-14(20)18-8-4-11(5-9-18)12-10-13(19)17-7-6-16-12/h11-12,16H,4-10H2,1-3H3,(H,17,19). The Kier molecular flexibility index (Phi) is 5.08. The lowest BCUT2D eigenvalue weighted by atomic mass is 9.87. The fourth-order valence-corrected chi connectivity index (χ4v) is 2.95. The topological polar surface area (TPSA) is 70.7 Å². The molecule has 2 heterocycles. The molecule has 0 aliphatic carbocycles. The summed E-state index contributed by atoms with van der Waals surface area (Å²) in [7, 11) is 0. The Morgan fingerprint density at radius 3 is 2.52 bits per heavy atom. The Bertz CT molecular complexity index is 384. The number of carbonyl (C=O) groups excluding carboxylic acids is 2. The quantitative estimate of drug-likeness (QED) is 0.760. The number of carbonyl (C=O) groups is 2. The van der Waals surface area contributed by atoms with Crippen LogP contribution in [0, 0.1) is 5.92 Å². The van der Waals surface area contributed by atoms with Gasteiger partial charge in [0.25, 0.3) is 0 Å². The lowest BCUT2D eigenvalue weighted by molar-refractivity contribution is -0.121. The minimum Gasteiger partial charge on any atom is -0.444 e. The van der Waals surface area contributed by atoms with Gasteiger partial charge >= 0.3 is 6.09 Å². The SMILES string of the molecule is CC(C)(C)OC(=O)N1CCC(C2CC(=O)NCCN2)CC1. The second-order valence-corrected chi connectivity index (χ2v) is 6.92. The van der Waals surface area contributed by atoms with Crippen molar-refractivity contribution in [1.29, 1.82) is 0 Å². The average Bonchev–Trinajstić information content (AvgIpc) is 2.62. The van der Waals surface area contributed by atoms with Crippen molar-refractivity contribution in [1.82, 2.24) is 15.5 Å². The molecular weight excluding hydrogens is 270 g/mol. The van der Waals surface area contributed by atoms with E-state index in [0.29, 0.717) is 32.0 Å². The number of amides is 2. The van der Waals surface area contributed by atoms with Gasteiger partial charge in [0.05, 0.1) is 0 Å². The summed E-state index contributed by atoms with van der Waals surface area (Å²) < 4.78 is 5.40. The molecule has 2 saturated heterocycles. The summed E-state index contributed by atoms with van der Waals surface area (Å²) in [6.07, 6.45) is 2.15. The van der Waals surface area contributed by atoms with Crippen LogP contribution in [0.15, 0.2) is 0 Å². The summed E-state index contributed by atoms with van der Waals surface area (Å²) in [6, 6.07) is 0.230. The van der Waals surface area contributed by atoms with Gasteiger partial charge < -0.3 is 20.3 Å². The molecule has 2 rings (SSSR count). The third-order valence-corrected chi connectivity index (χ3v) is 4.02. The zero-order valence-corrected chi connectivity index (χ0v) is 13.3. The number of likely N-dealkylation sites (tertiary alicyclic amines) is 1. The van der Waals surface area contributed by atoms with Gasteiger partial charge in [0.1, 0.15) is 5.60 Å². The van der Waals surface area contributed by atoms with Crippen LogP contribution in [0.2, 0.25) is 0 Å². The van der Waals surface area contributed by atoms with E-state index >= 15 is 0 Å². The average molecular weight is 297 g/mol. The van der Waals surface area contributed by atoms with Crippen LogP contribution in [0.25, 0.3) is 0 Å². The van der Waals surface area contributed by atoms with Crippen molar-refractivity contribution in [2.45, 2.75) is 51.7 Å². The number of rotatable bonds is 1. The molecule has 2 aliphatic rings. The summed E-state index contributed by atoms with van der Waals surface area (Å²) in [5.41, 5.74) is -0.450. The molecule has 120 valence electrons. The molecule has 0 aromatic heterocycles. The Labute approximate surface area is 126 Å². The molecule has 6 heteroatoms. The van der Waals surface area contributed by atoms with Gasteiger partial charge in [-0.05, 0) is 39.5 Å². The highest BCUT2D eigenvalue weighted by atomic mass is 16.6. The first-order chi connectivity index (χ1) is 9.85. The predicted molar refractivity (Wildman–Crippen MR) is 79.9 cm³/mol. The predicted octanol–water partition coefficient (Wildman–Crippen LogP) is 1.11. The van der Waals surface area contributed by atoms with E-state index in [1.807, 2.05) is 20.8 Å². The van der Waals surface area contributed by atoms with Crippen molar-refractivity contribution in [2.24, 2.45) is 5.92 Å². The molecule has 21 heavy (non-hydrogen) atoms. The number of piperidine rings is 1. The first-order valence-electron chi connectivity index (χ1n) is 7.83. The molecule has 0 aromatic rings. The largest absolute Gasteiger partial charge is 0.444 e. The van der Waals surface area contributed by atoms with Crippen LogP contribution < -0.4 is 10.6 Å². The Morgan fingerprint density at radius 2 is 1.90 bits per heavy atom. The third-order valence-electron chi connectivity index (χ3n) is 4.02. The fraction of sp³-hybridized carbons (Fsp3) is 0.867. The van der Waals surface area contributed by atoms with E-state index < -0.39 is 5.60 Å². The van der Waals surface area contributed by atoms with E-state index in [1.165, 1.54) is 0 Å². The minimum atomic E-state index is -0.450. The van der Waals surface area contributed by atoms with Crippen LogP contribution in [0.3, 0.4) is 0 Å². The van der Waals surface area contributed by atoms with Gasteiger partial charge in [0.15, 0.2) is 0 Å². The molecule has 0 radical (unpaired) electrons. The Balaban J connectivity index is 1.82. The first-order valence-corrected chi connectivity index (χ1v) is 7.83. The summed E-state index contributed by atoms with van der Waals surface area (Å²) in [6.45, 7) is 8.58. The van der Waals surface area contributed by atoms with E-state index in [2.05, 4.69) is 10.6 Å². The zero-order valence-electron chi connectivity index (χ0n) is 13.3. The highest BCUT2D eigenvalue weighted by molar-refractivity contribution is 5.76. The van der Waals surface area contributed by atoms with Crippen molar-refractivity contribution in [3.63, 3.8) is 0 Å². The Morgan fingerprint density at radius 1 is 1.24 bits per heavy atom. The number of ether oxygens (including phenoxy) is 1. The molecule has 6 nitrogen and oxygen atoms in total. The molecule has 2 N–H and O–H groups in total. The van der Waals surface area contributed by atoms with Crippen molar-refractivity contribution in [3.8, 4) is 0 Å². The maximum Gasteiger partial charge on any atom is 0.410 e. The molecular formula is C15H27N3O3. The van der Waals surface area contributed by atoms with Crippen LogP contribution in [-0.2, 0) is 9.53 Å². The van der Waals surface area contributed by atoms with E-state index in [-0.39, 0.29) is 18.0 Å². The fourth-order valence-electron chi connectivity index (χ4n) is 2.95.